The van der Waals surface area contributed by atoms with E-state index in [1.807, 2.05) is 41.2 Å². The zero-order valence-electron chi connectivity index (χ0n) is 20.3. The molecule has 1 saturated carbocycles. The van der Waals surface area contributed by atoms with Gasteiger partial charge in [-0.1, -0.05) is 48.0 Å². The zero-order chi connectivity index (χ0) is 25.0. The largest absolute Gasteiger partial charge is 0.331 e. The second-order valence-electron chi connectivity index (χ2n) is 10.3. The summed E-state index contributed by atoms with van der Waals surface area (Å²) in [7, 11) is 0. The summed E-state index contributed by atoms with van der Waals surface area (Å²) >= 11 is 0. The van der Waals surface area contributed by atoms with Crippen molar-refractivity contribution >= 4 is 17.8 Å². The van der Waals surface area contributed by atoms with Crippen LogP contribution in [0.15, 0.2) is 90.6 Å². The van der Waals surface area contributed by atoms with Crippen LogP contribution in [0.5, 0.6) is 0 Å². The van der Waals surface area contributed by atoms with Crippen LogP contribution in [0.25, 0.3) is 11.8 Å². The number of hydrogen-bond donors (Lipinski definition) is 2. The van der Waals surface area contributed by atoms with E-state index < -0.39 is 0 Å². The van der Waals surface area contributed by atoms with Gasteiger partial charge in [0.25, 0.3) is 0 Å². The van der Waals surface area contributed by atoms with Gasteiger partial charge in [0, 0.05) is 11.1 Å². The first-order valence-corrected chi connectivity index (χ1v) is 12.9. The van der Waals surface area contributed by atoms with Crippen LogP contribution in [0.3, 0.4) is 0 Å². The van der Waals surface area contributed by atoms with E-state index in [2.05, 4.69) is 41.0 Å². The minimum absolute atomic E-state index is 0.0433. The zero-order valence-corrected chi connectivity index (χ0v) is 20.3. The van der Waals surface area contributed by atoms with Gasteiger partial charge in [-0.2, -0.15) is 5.10 Å². The van der Waals surface area contributed by atoms with Crippen molar-refractivity contribution in [2.45, 2.75) is 37.1 Å². The Morgan fingerprint density at radius 1 is 1.00 bits per heavy atom. The molecule has 0 saturated heterocycles. The van der Waals surface area contributed by atoms with Crippen molar-refractivity contribution in [3.8, 4) is 5.69 Å². The molecule has 3 aromatic carbocycles. The highest BCUT2D eigenvalue weighted by Crippen LogP contribution is 2.60. The number of carbonyl (C=O) groups is 1. The predicted octanol–water partition coefficient (Wildman–Crippen LogP) is 6.57. The number of hydrogen-bond acceptors (Lipinski definition) is 2. The smallest absolute Gasteiger partial charge is 0.319 e. The number of urea groups is 1. The lowest BCUT2D eigenvalue weighted by molar-refractivity contribution is 0.233. The number of aromatic nitrogens is 2. The van der Waals surface area contributed by atoms with Gasteiger partial charge in [-0.15, -0.1) is 0 Å². The van der Waals surface area contributed by atoms with Gasteiger partial charge in [0.2, 0.25) is 0 Å². The normalized spacial score (nSPS) is 23.2. The van der Waals surface area contributed by atoms with Crippen molar-refractivity contribution in [1.82, 2.24) is 15.1 Å². The van der Waals surface area contributed by atoms with Crippen molar-refractivity contribution in [2.75, 3.05) is 5.32 Å². The number of halogens is 1. The lowest BCUT2D eigenvalue weighted by Crippen LogP contribution is -2.45. The van der Waals surface area contributed by atoms with Crippen LogP contribution in [0, 0.1) is 11.7 Å². The van der Waals surface area contributed by atoms with Crippen LogP contribution >= 0.6 is 0 Å². The van der Waals surface area contributed by atoms with Crippen LogP contribution in [0.4, 0.5) is 14.9 Å². The molecule has 1 aromatic heterocycles. The molecule has 0 aliphatic heterocycles. The SMILES string of the molecule is O=C(Nc1ccccc1)NC1C[C@H]2CCC3=Cc4c(cnn4-c4ccc(F)cc4)C[C@@]32c2ccccc21. The van der Waals surface area contributed by atoms with E-state index in [9.17, 15) is 9.18 Å². The van der Waals surface area contributed by atoms with Crippen LogP contribution in [-0.2, 0) is 11.8 Å². The fourth-order valence-electron chi connectivity index (χ4n) is 6.86. The molecule has 0 radical (unpaired) electrons. The Morgan fingerprint density at radius 3 is 2.62 bits per heavy atom. The van der Waals surface area contributed by atoms with Crippen molar-refractivity contribution < 1.29 is 9.18 Å². The molecule has 0 bridgehead atoms. The summed E-state index contributed by atoms with van der Waals surface area (Å²) in [6.07, 6.45) is 8.19. The molecule has 1 fully saturated rings. The Morgan fingerprint density at radius 2 is 1.78 bits per heavy atom. The average Bonchev–Trinajstić information content (AvgIpc) is 3.50. The highest BCUT2D eigenvalue weighted by atomic mass is 19.1. The number of benzene rings is 3. The maximum atomic E-state index is 13.5. The molecule has 2 amide bonds. The molecule has 5 nitrogen and oxygen atoms in total. The van der Waals surface area contributed by atoms with E-state index in [1.54, 1.807) is 12.1 Å². The molecule has 7 rings (SSSR count). The van der Waals surface area contributed by atoms with Gasteiger partial charge in [0.15, 0.2) is 0 Å². The molecule has 3 aliphatic rings. The maximum Gasteiger partial charge on any atom is 0.319 e. The van der Waals surface area contributed by atoms with Crippen molar-refractivity contribution in [3.63, 3.8) is 0 Å². The lowest BCUT2D eigenvalue weighted by atomic mass is 9.58. The first-order valence-electron chi connectivity index (χ1n) is 12.9. The fraction of sp³-hybridized carbons (Fsp3) is 0.226. The topological polar surface area (TPSA) is 59.0 Å². The molecule has 6 heteroatoms. The van der Waals surface area contributed by atoms with E-state index in [0.717, 1.165) is 42.8 Å². The van der Waals surface area contributed by atoms with Crippen molar-refractivity contribution in [1.29, 1.82) is 0 Å². The third-order valence-electron chi connectivity index (χ3n) is 8.44. The van der Waals surface area contributed by atoms with Gasteiger partial charge in [0.1, 0.15) is 5.82 Å². The summed E-state index contributed by atoms with van der Waals surface area (Å²) < 4.78 is 15.4. The molecule has 184 valence electrons. The first kappa shape index (κ1) is 22.0. The monoisotopic (exact) mass is 490 g/mol. The molecular weight excluding hydrogens is 463 g/mol. The molecule has 1 spiro atoms. The van der Waals surface area contributed by atoms with Gasteiger partial charge < -0.3 is 10.6 Å². The van der Waals surface area contributed by atoms with Gasteiger partial charge in [-0.05, 0) is 90.8 Å². The lowest BCUT2D eigenvalue weighted by Gasteiger charge is -2.47. The third kappa shape index (κ3) is 3.50. The number of carbonyl (C=O) groups excluding carboxylic acids is 1. The van der Waals surface area contributed by atoms with Crippen LogP contribution in [0.1, 0.15) is 47.7 Å². The van der Waals surface area contributed by atoms with Crippen molar-refractivity contribution in [3.05, 3.63) is 119 Å². The minimum atomic E-state index is -0.250. The third-order valence-corrected chi connectivity index (χ3v) is 8.44. The Kier molecular flexibility index (Phi) is 5.03. The Labute approximate surface area is 215 Å². The van der Waals surface area contributed by atoms with E-state index in [4.69, 9.17) is 5.10 Å². The quantitative estimate of drug-likeness (QED) is 0.341. The molecule has 1 heterocycles. The Hall–Kier alpha value is -4.19. The molecule has 2 N–H and O–H groups in total. The molecule has 3 atom stereocenters. The Balaban J connectivity index is 1.24. The second-order valence-corrected chi connectivity index (χ2v) is 10.3. The predicted molar refractivity (Wildman–Crippen MR) is 142 cm³/mol. The summed E-state index contributed by atoms with van der Waals surface area (Å²) in [5.41, 5.74) is 7.83. The number of nitrogens with zero attached hydrogens (tertiary/aromatic N) is 2. The number of amides is 2. The average molecular weight is 491 g/mol. The number of rotatable bonds is 3. The molecule has 37 heavy (non-hydrogen) atoms. The fourth-order valence-corrected chi connectivity index (χ4v) is 6.86. The molecule has 1 unspecified atom stereocenters. The summed E-state index contributed by atoms with van der Waals surface area (Å²) in [4.78, 5) is 12.9. The van der Waals surface area contributed by atoms with Gasteiger partial charge in [0.05, 0.1) is 23.6 Å². The number of anilines is 1. The summed E-state index contributed by atoms with van der Waals surface area (Å²) in [6, 6.07) is 24.4. The van der Waals surface area contributed by atoms with Gasteiger partial charge in [-0.25, -0.2) is 13.9 Å². The van der Waals surface area contributed by atoms with Crippen LogP contribution in [-0.4, -0.2) is 15.8 Å². The number of allylic oxidation sites excluding steroid dienone is 1. The number of nitrogens with one attached hydrogen (secondary N) is 2. The summed E-state index contributed by atoms with van der Waals surface area (Å²) in [6.45, 7) is 0. The standard InChI is InChI=1S/C31H27FN4O/c32-23-12-14-25(15-13-23)36-29-17-22-11-10-21-16-28(35-30(37)34-24-6-2-1-3-7-24)26-8-4-5-9-27(26)31(21,22)18-20(29)19-33-36/h1-9,12-15,17,19,21,28H,10-11,16,18H2,(H2,34,35,37)/t21-,28?,31+/m1/s1. The van der Waals surface area contributed by atoms with Gasteiger partial charge in [-0.3, -0.25) is 0 Å². The van der Waals surface area contributed by atoms with E-state index in [-0.39, 0.29) is 23.3 Å². The number of para-hydroxylation sites is 1. The highest BCUT2D eigenvalue weighted by molar-refractivity contribution is 5.89. The summed E-state index contributed by atoms with van der Waals surface area (Å²) in [5, 5.41) is 10.9. The molecular formula is C31H27FN4O. The molecule has 4 aromatic rings. The van der Waals surface area contributed by atoms with E-state index in [1.165, 1.54) is 34.4 Å². The maximum absolute atomic E-state index is 13.5. The molecule has 3 aliphatic carbocycles. The number of fused-ring (bicyclic) bond motifs is 2. The van der Waals surface area contributed by atoms with E-state index in [0.29, 0.717) is 5.92 Å². The second kappa shape index (κ2) is 8.44. The highest BCUT2D eigenvalue weighted by Gasteiger charge is 2.54. The van der Waals surface area contributed by atoms with Crippen LogP contribution in [0.2, 0.25) is 0 Å². The summed E-state index contributed by atoms with van der Waals surface area (Å²) in [5.74, 6) is 0.179. The first-order chi connectivity index (χ1) is 18.1. The van der Waals surface area contributed by atoms with Crippen LogP contribution < -0.4 is 10.6 Å². The van der Waals surface area contributed by atoms with Gasteiger partial charge >= 0.3 is 6.03 Å². The Bertz CT molecular complexity index is 1520. The minimum Gasteiger partial charge on any atom is -0.331 e. The van der Waals surface area contributed by atoms with E-state index >= 15 is 0 Å². The van der Waals surface area contributed by atoms with Crippen molar-refractivity contribution in [2.24, 2.45) is 5.92 Å².